The van der Waals surface area contributed by atoms with Crippen LogP contribution in [0.1, 0.15) is 327 Å². The van der Waals surface area contributed by atoms with Gasteiger partial charge in [0.25, 0.3) is 0 Å². The number of aryl methyl sites for hydroxylation is 2. The van der Waals surface area contributed by atoms with E-state index in [1.807, 2.05) is 210 Å². The summed E-state index contributed by atoms with van der Waals surface area (Å²) in [5, 5.41) is 13.3. The van der Waals surface area contributed by atoms with E-state index in [1.54, 1.807) is 54.8 Å². The normalized spacial score (nSPS) is 11.8. The molecule has 758 valence electrons. The molecule has 0 spiro atoms. The van der Waals surface area contributed by atoms with E-state index in [9.17, 15) is 0 Å². The third-order valence-electron chi connectivity index (χ3n) is 26.4. The van der Waals surface area contributed by atoms with Crippen LogP contribution in [0.3, 0.4) is 0 Å². The van der Waals surface area contributed by atoms with Crippen molar-refractivity contribution in [1.82, 2.24) is 0 Å². The maximum absolute atomic E-state index is 3.69. The average molecular weight is 2600 g/mol. The Balaban J connectivity index is 0.000000176. The smallest absolute Gasteiger partial charge is 0.0629 e. The van der Waals surface area contributed by atoms with Crippen LogP contribution in [-0.4, -0.2) is 48.3 Å². The van der Waals surface area contributed by atoms with Crippen LogP contribution in [-0.2, 0) is 0 Å². The van der Waals surface area contributed by atoms with E-state index in [0.717, 1.165) is 0 Å². The molecule has 0 N–H and O–H groups in total. The van der Waals surface area contributed by atoms with Crippen LogP contribution in [0.25, 0.3) is 133 Å². The topological polar surface area (TPSA) is 0 Å². The van der Waals surface area contributed by atoms with Crippen molar-refractivity contribution in [2.24, 2.45) is 0 Å². The van der Waals surface area contributed by atoms with Gasteiger partial charge in [0, 0.05) is 67.3 Å². The van der Waals surface area contributed by atoms with Crippen LogP contribution < -0.4 is 5.79 Å². The molecule has 19 aromatic rings. The van der Waals surface area contributed by atoms with Gasteiger partial charge in [0.1, 0.15) is 0 Å². The van der Waals surface area contributed by atoms with Crippen molar-refractivity contribution < 1.29 is 0 Å². The van der Waals surface area contributed by atoms with E-state index in [1.165, 1.54) is 376 Å². The zero-order chi connectivity index (χ0) is 93.9. The molecule has 139 heavy (non-hydrogen) atoms. The van der Waals surface area contributed by atoms with Crippen molar-refractivity contribution >= 4 is 407 Å². The second-order valence-electron chi connectivity index (χ2n) is 36.8. The third kappa shape index (κ3) is 31.7. The Labute approximate surface area is 946 Å². The van der Waals surface area contributed by atoms with E-state index in [-0.39, 0.29) is 29.7 Å². The van der Waals surface area contributed by atoms with Crippen LogP contribution in [0.4, 0.5) is 0 Å². The molecule has 0 unspecified atom stereocenters. The first-order chi connectivity index (χ1) is 66.2. The molecule has 19 rings (SSSR count). The summed E-state index contributed by atoms with van der Waals surface area (Å²) in [5.41, 5.74) is 2.79. The van der Waals surface area contributed by atoms with Gasteiger partial charge in [-0.05, 0) is 163 Å². The van der Waals surface area contributed by atoms with E-state index < -0.39 is 36.8 Å². The number of hydrogen-bond donors (Lipinski definition) is 0. The van der Waals surface area contributed by atoms with Crippen LogP contribution in [0.15, 0.2) is 135 Å². The molecule has 0 aliphatic rings. The minimum atomic E-state index is -2.22. The molecule has 19 aromatic heterocycles. The number of unbranched alkanes of at least 4 members (excludes halogenated alkanes) is 28. The van der Waals surface area contributed by atoms with E-state index in [0.29, 0.717) is 0 Å². The third-order valence-corrected chi connectivity index (χ3v) is 89.4. The van der Waals surface area contributed by atoms with Gasteiger partial charge in [0.05, 0.1) is 45.5 Å². The molecule has 0 nitrogen and oxygen atoms in total. The second kappa shape index (κ2) is 61.8. The molecule has 25 heteroatoms. The molecule has 0 aliphatic heterocycles. The Morgan fingerprint density at radius 3 is 0.799 bits per heavy atom. The first kappa shape index (κ1) is 119. The predicted molar refractivity (Wildman–Crippen MR) is 693 cm³/mol. The van der Waals surface area contributed by atoms with Crippen molar-refractivity contribution in [2.75, 3.05) is 11.5 Å². The Hall–Kier alpha value is 0.157. The van der Waals surface area contributed by atoms with Crippen molar-refractivity contribution in [3.05, 3.63) is 136 Å². The molecule has 0 fully saturated rings. The van der Waals surface area contributed by atoms with E-state index >= 15 is 0 Å². The van der Waals surface area contributed by atoms with Crippen LogP contribution in [0.5, 0.6) is 0 Å². The van der Waals surface area contributed by atoms with Gasteiger partial charge in [0.2, 0.25) is 0 Å². The van der Waals surface area contributed by atoms with Crippen molar-refractivity contribution in [1.29, 1.82) is 0 Å². The molecule has 0 saturated heterocycles. The molecule has 19 heterocycles. The number of halogens is 2. The molecule has 0 aromatic carbocycles. The van der Waals surface area contributed by atoms with Crippen LogP contribution in [0.2, 0.25) is 26.6 Å². The first-order valence-electron chi connectivity index (χ1n) is 50.7. The van der Waals surface area contributed by atoms with Gasteiger partial charge in [-0.1, -0.05) is 185 Å². The SMILES string of the molecule is C.C.C.C.CCCCCCCCCCCCCCSc1cc(-c2cc3sc4ccsc4c3s2)sc1-c1sc(-c2cc3sc4ccsc4c3s2)cc1C.CCCCCCCCCCCCCCSc1cc(Br)sc1-c1sc(Br)cc1C.CCC[CH2][Sn]([CH2]CCC)([CH2]CCC)[c]1cc2sc3ccsc3c2s1.CCC[CH2][Sn]([CH2]CCC)([CH2]CCC)[c]1cc2sc3ccsc3c2s1.c1cc2sc3ccsc3c2s1. The maximum atomic E-state index is 3.69. The largest absolute Gasteiger partial charge is 0.141 e. The van der Waals surface area contributed by atoms with Crippen molar-refractivity contribution in [3.63, 3.8) is 0 Å². The number of fused-ring (bicyclic) bond motifs is 15. The zero-order valence-electron chi connectivity index (χ0n) is 81.0. The quantitative estimate of drug-likeness (QED) is 0.0212. The zero-order valence-corrected chi connectivity index (χ0v) is 107. The summed E-state index contributed by atoms with van der Waals surface area (Å²) in [6.07, 6.45) is 50.9. The molecule has 0 saturated carbocycles. The summed E-state index contributed by atoms with van der Waals surface area (Å²) in [6.45, 7) is 23.4. The van der Waals surface area contributed by atoms with Gasteiger partial charge in [-0.2, -0.15) is 0 Å². The standard InChI is InChI=1S/C39H40S9.C23H34Br2S3.C8H4S3.2C8H3S3.6C4H9.4CH4.2Sn/c1-3-4-5-6-7-8-9-10-11-12-13-14-17-40-31-21-28(30-23-33-39(48-30)36-26(44-33)16-19-42-36)46-37(31)34-24(2)20-27(45-34)29-22-32-38(47-29)35-25(43-32)15-18-41-35;1-3-4-5-6-7-8-9-10-11-12-13-14-15-26-19-17-21(25)28-23(19)22-18(2)16-20(24)27-22;3*1-3-9-7-5(1)11-6-2-4-10-8(6)7;6*1-3-4-2;;;;;;/h15-16,18-23H,3-14,17H2,1-2H3;16-17H,3-15H2,1-2H3;1-4H;2*1-3H;6*1,3-4H2,2H3;4*1H4;;. The Bertz CT molecular complexity index is 6450. The fourth-order valence-corrected chi connectivity index (χ4v) is 85.2. The minimum absolute atomic E-state index is 0. The first-order valence-corrected chi connectivity index (χ1v) is 85.1. The van der Waals surface area contributed by atoms with Gasteiger partial charge < -0.3 is 0 Å². The van der Waals surface area contributed by atoms with Gasteiger partial charge in [-0.15, -0.1) is 171 Å². The molecular formula is C114H154Br2S21Sn2. The fourth-order valence-electron chi connectivity index (χ4n) is 18.8. The summed E-state index contributed by atoms with van der Waals surface area (Å²) in [4.78, 5) is 14.4. The Morgan fingerprint density at radius 1 is 0.223 bits per heavy atom. The fraction of sp³-hybridized carbons (Fsp3) is 0.509. The summed E-state index contributed by atoms with van der Waals surface area (Å²) in [7, 11) is 0. The molecule has 0 amide bonds. The second-order valence-corrected chi connectivity index (χ2v) is 89.5. The summed E-state index contributed by atoms with van der Waals surface area (Å²) >= 11 is 44.4. The Morgan fingerprint density at radius 2 is 0.468 bits per heavy atom. The van der Waals surface area contributed by atoms with Crippen LogP contribution in [0, 0.1) is 13.8 Å². The van der Waals surface area contributed by atoms with Gasteiger partial charge >= 0.3 is 328 Å². The predicted octanol–water partition coefficient (Wildman–Crippen LogP) is 52.2. The van der Waals surface area contributed by atoms with Crippen LogP contribution >= 0.6 is 271 Å². The summed E-state index contributed by atoms with van der Waals surface area (Å²) < 4.78 is 45.8. The van der Waals surface area contributed by atoms with E-state index in [4.69, 9.17) is 0 Å². The number of rotatable bonds is 52. The molecule has 0 bridgehead atoms. The van der Waals surface area contributed by atoms with Crippen molar-refractivity contribution in [2.45, 2.75) is 367 Å². The monoisotopic (exact) mass is 2590 g/mol. The molecule has 0 atom stereocenters. The van der Waals surface area contributed by atoms with E-state index in [2.05, 4.69) is 253 Å². The summed E-state index contributed by atoms with van der Waals surface area (Å²) in [6, 6.07) is 33.3. The minimum Gasteiger partial charge on any atom is -0.141 e. The number of thiophene rings is 19. The van der Waals surface area contributed by atoms with Gasteiger partial charge in [-0.3, -0.25) is 0 Å². The molecule has 0 aliphatic carbocycles. The number of hydrogen-bond acceptors (Lipinski definition) is 21. The van der Waals surface area contributed by atoms with Gasteiger partial charge in [-0.25, -0.2) is 0 Å². The van der Waals surface area contributed by atoms with Gasteiger partial charge in [0.15, 0.2) is 0 Å². The van der Waals surface area contributed by atoms with Crippen molar-refractivity contribution in [3.8, 4) is 39.0 Å². The Kier molecular flexibility index (Phi) is 53.0. The maximum Gasteiger partial charge on any atom is 0.0629 e. The molecule has 0 radical (unpaired) electrons. The summed E-state index contributed by atoms with van der Waals surface area (Å²) in [5.74, 6) is 2.45. The number of thioether (sulfide) groups is 2. The molecular weight excluding hydrogens is 2440 g/mol. The average Bonchev–Trinajstić information content (AvgIpc) is 1.60.